The minimum atomic E-state index is -0.866. The SMILES string of the molecule is CC/C=C\C/C=C\C/C=C\C/C=C\C=C\C(O)CCCC(=O)O[C@@H](CO)COC(=O)CCCCCCCCCCCCCCCCCC. The highest BCUT2D eigenvalue weighted by atomic mass is 16.6. The normalized spacial score (nSPS) is 13.5. The van der Waals surface area contributed by atoms with Gasteiger partial charge in [-0.05, 0) is 44.9 Å². The molecule has 0 aromatic rings. The molecule has 0 aromatic carbocycles. The highest BCUT2D eigenvalue weighted by Gasteiger charge is 2.16. The van der Waals surface area contributed by atoms with Gasteiger partial charge in [-0.15, -0.1) is 0 Å². The van der Waals surface area contributed by atoms with Crippen LogP contribution in [0.5, 0.6) is 0 Å². The zero-order chi connectivity index (χ0) is 35.2. The topological polar surface area (TPSA) is 93.1 Å². The van der Waals surface area contributed by atoms with Gasteiger partial charge >= 0.3 is 11.9 Å². The van der Waals surface area contributed by atoms with Gasteiger partial charge in [0.15, 0.2) is 6.10 Å². The molecule has 0 bridgehead atoms. The number of unbranched alkanes of at least 4 members (excludes halogenated alkanes) is 15. The minimum absolute atomic E-state index is 0.124. The number of hydrogen-bond acceptors (Lipinski definition) is 6. The minimum Gasteiger partial charge on any atom is -0.462 e. The molecule has 0 aliphatic heterocycles. The van der Waals surface area contributed by atoms with Gasteiger partial charge in [-0.1, -0.05) is 171 Å². The van der Waals surface area contributed by atoms with Crippen molar-refractivity contribution in [3.8, 4) is 0 Å². The molecular formula is C42H72O6. The summed E-state index contributed by atoms with van der Waals surface area (Å²) >= 11 is 0. The summed E-state index contributed by atoms with van der Waals surface area (Å²) in [4.78, 5) is 24.3. The molecule has 48 heavy (non-hydrogen) atoms. The van der Waals surface area contributed by atoms with E-state index in [2.05, 4.69) is 50.3 Å². The lowest BCUT2D eigenvalue weighted by Crippen LogP contribution is -2.28. The molecule has 0 spiro atoms. The standard InChI is InChI=1S/C42H72O6/c1-3-5-7-9-11-13-15-17-18-19-21-23-25-27-29-31-35-41(45)47-38-40(37-43)48-42(46)36-32-34-39(44)33-30-28-26-24-22-20-16-14-12-10-8-6-4-2/h6,8,12,14,20,22,26,28,30,33,39-40,43-44H,3-5,7,9-11,13,15-19,21,23-25,27,29,31-32,34-38H2,1-2H3/b8-6-,14-12-,22-20-,28-26-,33-30+/t39?,40-/m0/s1. The van der Waals surface area contributed by atoms with Crippen LogP contribution in [0.1, 0.15) is 168 Å². The van der Waals surface area contributed by atoms with E-state index in [1.165, 1.54) is 83.5 Å². The third-order valence-corrected chi connectivity index (χ3v) is 8.18. The largest absolute Gasteiger partial charge is 0.462 e. The van der Waals surface area contributed by atoms with Crippen LogP contribution in [0.3, 0.4) is 0 Å². The zero-order valence-corrected chi connectivity index (χ0v) is 30.8. The smallest absolute Gasteiger partial charge is 0.306 e. The molecule has 0 saturated carbocycles. The van der Waals surface area contributed by atoms with E-state index in [0.29, 0.717) is 19.3 Å². The van der Waals surface area contributed by atoms with Crippen molar-refractivity contribution in [3.63, 3.8) is 0 Å². The lowest BCUT2D eigenvalue weighted by atomic mass is 10.0. The average molecular weight is 673 g/mol. The number of hydrogen-bond donors (Lipinski definition) is 2. The first-order valence-electron chi connectivity index (χ1n) is 19.5. The quantitative estimate of drug-likeness (QED) is 0.0306. The van der Waals surface area contributed by atoms with E-state index < -0.39 is 24.8 Å². The number of aliphatic hydroxyl groups is 2. The third-order valence-electron chi connectivity index (χ3n) is 8.18. The summed E-state index contributed by atoms with van der Waals surface area (Å²) in [6, 6.07) is 0. The van der Waals surface area contributed by atoms with Crippen LogP contribution in [-0.2, 0) is 19.1 Å². The Kier molecular flexibility index (Phi) is 35.5. The summed E-state index contributed by atoms with van der Waals surface area (Å²) < 4.78 is 10.5. The molecule has 2 atom stereocenters. The van der Waals surface area contributed by atoms with Crippen LogP contribution in [0.15, 0.2) is 60.8 Å². The number of esters is 2. The number of carbonyl (C=O) groups is 2. The molecule has 0 aliphatic carbocycles. The molecule has 6 nitrogen and oxygen atoms in total. The fourth-order valence-electron chi connectivity index (χ4n) is 5.23. The number of ether oxygens (including phenoxy) is 2. The van der Waals surface area contributed by atoms with Crippen molar-refractivity contribution < 1.29 is 29.3 Å². The van der Waals surface area contributed by atoms with Gasteiger partial charge in [0.25, 0.3) is 0 Å². The predicted molar refractivity (Wildman–Crippen MR) is 202 cm³/mol. The van der Waals surface area contributed by atoms with Crippen molar-refractivity contribution in [3.05, 3.63) is 60.8 Å². The van der Waals surface area contributed by atoms with Crippen LogP contribution >= 0.6 is 0 Å². The van der Waals surface area contributed by atoms with Gasteiger partial charge in [-0.3, -0.25) is 9.59 Å². The van der Waals surface area contributed by atoms with Crippen LogP contribution < -0.4 is 0 Å². The van der Waals surface area contributed by atoms with E-state index in [9.17, 15) is 19.8 Å². The van der Waals surface area contributed by atoms with Gasteiger partial charge in [-0.25, -0.2) is 0 Å². The maximum absolute atomic E-state index is 12.2. The Morgan fingerprint density at radius 2 is 1.06 bits per heavy atom. The second-order valence-electron chi connectivity index (χ2n) is 12.8. The number of rotatable bonds is 34. The first kappa shape index (κ1) is 45.6. The first-order valence-corrected chi connectivity index (χ1v) is 19.5. The summed E-state index contributed by atoms with van der Waals surface area (Å²) in [5, 5.41) is 19.7. The number of aliphatic hydroxyl groups excluding tert-OH is 2. The van der Waals surface area contributed by atoms with E-state index in [0.717, 1.165) is 44.9 Å². The van der Waals surface area contributed by atoms with Crippen molar-refractivity contribution in [2.45, 2.75) is 180 Å². The maximum atomic E-state index is 12.2. The molecule has 0 aromatic heterocycles. The third kappa shape index (κ3) is 34.9. The fraction of sp³-hybridized carbons (Fsp3) is 0.714. The van der Waals surface area contributed by atoms with E-state index in [1.807, 2.05) is 18.2 Å². The molecule has 0 heterocycles. The Balaban J connectivity index is 3.76. The Hall–Kier alpha value is -2.44. The van der Waals surface area contributed by atoms with Crippen LogP contribution in [0.4, 0.5) is 0 Å². The van der Waals surface area contributed by atoms with E-state index in [4.69, 9.17) is 9.47 Å². The van der Waals surface area contributed by atoms with Crippen LogP contribution in [0.25, 0.3) is 0 Å². The molecule has 0 rings (SSSR count). The second-order valence-corrected chi connectivity index (χ2v) is 12.8. The van der Waals surface area contributed by atoms with Crippen molar-refractivity contribution in [2.24, 2.45) is 0 Å². The summed E-state index contributed by atoms with van der Waals surface area (Å²) in [5.41, 5.74) is 0. The predicted octanol–water partition coefficient (Wildman–Crippen LogP) is 11.0. The zero-order valence-electron chi connectivity index (χ0n) is 30.8. The van der Waals surface area contributed by atoms with Gasteiger partial charge in [-0.2, -0.15) is 0 Å². The summed E-state index contributed by atoms with van der Waals surface area (Å²) in [6.07, 6.45) is 44.5. The molecule has 1 unspecified atom stereocenters. The van der Waals surface area contributed by atoms with Crippen molar-refractivity contribution in [1.29, 1.82) is 0 Å². The van der Waals surface area contributed by atoms with Crippen molar-refractivity contribution in [1.82, 2.24) is 0 Å². The molecule has 0 aliphatic rings. The monoisotopic (exact) mass is 673 g/mol. The summed E-state index contributed by atoms with van der Waals surface area (Å²) in [7, 11) is 0. The Morgan fingerprint density at radius 1 is 0.583 bits per heavy atom. The van der Waals surface area contributed by atoms with Crippen molar-refractivity contribution >= 4 is 11.9 Å². The van der Waals surface area contributed by atoms with Gasteiger partial charge in [0.2, 0.25) is 0 Å². The van der Waals surface area contributed by atoms with Gasteiger partial charge in [0, 0.05) is 12.8 Å². The number of carbonyl (C=O) groups excluding carboxylic acids is 2. The van der Waals surface area contributed by atoms with Crippen molar-refractivity contribution in [2.75, 3.05) is 13.2 Å². The van der Waals surface area contributed by atoms with Crippen LogP contribution in [0, 0.1) is 0 Å². The number of allylic oxidation sites excluding steroid dienone is 9. The van der Waals surface area contributed by atoms with Gasteiger partial charge in [0.1, 0.15) is 6.61 Å². The van der Waals surface area contributed by atoms with Gasteiger partial charge < -0.3 is 19.7 Å². The summed E-state index contributed by atoms with van der Waals surface area (Å²) in [6.45, 7) is 3.85. The molecule has 6 heteroatoms. The molecule has 0 amide bonds. The molecule has 0 saturated heterocycles. The van der Waals surface area contributed by atoms with Gasteiger partial charge in [0.05, 0.1) is 12.7 Å². The second kappa shape index (κ2) is 37.4. The molecule has 276 valence electrons. The lowest BCUT2D eigenvalue weighted by molar-refractivity contribution is -0.161. The average Bonchev–Trinajstić information content (AvgIpc) is 3.08. The summed E-state index contributed by atoms with van der Waals surface area (Å²) in [5.74, 6) is -0.795. The Bertz CT molecular complexity index is 871. The molecule has 0 fully saturated rings. The Morgan fingerprint density at radius 3 is 1.58 bits per heavy atom. The van der Waals surface area contributed by atoms with E-state index >= 15 is 0 Å². The van der Waals surface area contributed by atoms with Crippen LogP contribution in [-0.4, -0.2) is 47.6 Å². The van der Waals surface area contributed by atoms with Crippen LogP contribution in [0.2, 0.25) is 0 Å². The highest BCUT2D eigenvalue weighted by molar-refractivity contribution is 5.70. The van der Waals surface area contributed by atoms with E-state index in [-0.39, 0.29) is 19.0 Å². The fourth-order valence-corrected chi connectivity index (χ4v) is 5.23. The molecule has 2 N–H and O–H groups in total. The lowest BCUT2D eigenvalue weighted by Gasteiger charge is -2.16. The highest BCUT2D eigenvalue weighted by Crippen LogP contribution is 2.14. The Labute approximate surface area is 294 Å². The molecular weight excluding hydrogens is 600 g/mol. The molecule has 0 radical (unpaired) electrons. The first-order chi connectivity index (χ1) is 23.5. The van der Waals surface area contributed by atoms with E-state index in [1.54, 1.807) is 6.08 Å². The maximum Gasteiger partial charge on any atom is 0.306 e.